The van der Waals surface area contributed by atoms with Crippen molar-refractivity contribution in [3.05, 3.63) is 54.1 Å². The summed E-state index contributed by atoms with van der Waals surface area (Å²) in [6, 6.07) is 12.7. The number of nitrogens with one attached hydrogen (secondary N) is 1. The molecule has 0 radical (unpaired) electrons. The minimum absolute atomic E-state index is 0.373. The lowest BCUT2D eigenvalue weighted by molar-refractivity contribution is -0.142. The van der Waals surface area contributed by atoms with Crippen LogP contribution in [0.25, 0.3) is 6.08 Å². The largest absolute Gasteiger partial charge is 0.493 e. The Morgan fingerprint density at radius 2 is 1.89 bits per heavy atom. The molecule has 0 aromatic heterocycles. The zero-order valence-corrected chi connectivity index (χ0v) is 16.2. The van der Waals surface area contributed by atoms with Crippen LogP contribution in [0, 0.1) is 0 Å². The van der Waals surface area contributed by atoms with Gasteiger partial charge in [0.1, 0.15) is 0 Å². The second-order valence-corrected chi connectivity index (χ2v) is 6.18. The van der Waals surface area contributed by atoms with Crippen LogP contribution in [0.15, 0.2) is 53.4 Å². The molecule has 0 fully saturated rings. The molecule has 1 amide bonds. The van der Waals surface area contributed by atoms with Crippen molar-refractivity contribution in [2.24, 2.45) is 0 Å². The number of amides is 1. The zero-order valence-electron chi connectivity index (χ0n) is 15.4. The average Bonchev–Trinajstić information content (AvgIpc) is 2.70. The molecular formula is C20H21NO5S. The lowest BCUT2D eigenvalue weighted by atomic mass is 10.1. The summed E-state index contributed by atoms with van der Waals surface area (Å²) in [5, 5.41) is 2.69. The van der Waals surface area contributed by atoms with Crippen molar-refractivity contribution < 1.29 is 23.8 Å². The normalized spacial score (nSPS) is 10.5. The first-order valence-electron chi connectivity index (χ1n) is 8.07. The van der Waals surface area contributed by atoms with Gasteiger partial charge in [0.25, 0.3) is 5.91 Å². The Morgan fingerprint density at radius 1 is 1.11 bits per heavy atom. The van der Waals surface area contributed by atoms with Crippen LogP contribution in [-0.2, 0) is 14.3 Å². The van der Waals surface area contributed by atoms with E-state index in [-0.39, 0.29) is 6.61 Å². The third-order valence-corrected chi connectivity index (χ3v) is 4.26. The van der Waals surface area contributed by atoms with Crippen LogP contribution >= 0.6 is 11.8 Å². The molecule has 0 aliphatic rings. The minimum atomic E-state index is -0.632. The standard InChI is InChI=1S/C20H21NO5S/c1-24-17-9-4-6-14(20(17)25-2)10-11-19(23)26-13-18(22)21-15-7-5-8-16(12-15)27-3/h4-12H,13H2,1-3H3,(H,21,22)/b11-10+. The van der Waals surface area contributed by atoms with E-state index in [4.69, 9.17) is 14.2 Å². The van der Waals surface area contributed by atoms with Crippen molar-refractivity contribution in [2.45, 2.75) is 4.90 Å². The van der Waals surface area contributed by atoms with Crippen LogP contribution in [-0.4, -0.2) is 39.0 Å². The Bertz CT molecular complexity index is 835. The highest BCUT2D eigenvalue weighted by Gasteiger charge is 2.09. The number of benzene rings is 2. The quantitative estimate of drug-likeness (QED) is 0.424. The molecule has 0 saturated carbocycles. The molecule has 1 N–H and O–H groups in total. The number of hydrogen-bond donors (Lipinski definition) is 1. The van der Waals surface area contributed by atoms with Gasteiger partial charge in [0.15, 0.2) is 18.1 Å². The molecule has 142 valence electrons. The smallest absolute Gasteiger partial charge is 0.331 e. The highest BCUT2D eigenvalue weighted by Crippen LogP contribution is 2.31. The van der Waals surface area contributed by atoms with Gasteiger partial charge < -0.3 is 19.5 Å². The predicted molar refractivity (Wildman–Crippen MR) is 106 cm³/mol. The summed E-state index contributed by atoms with van der Waals surface area (Å²) in [6.45, 7) is -0.373. The first kappa shape index (κ1) is 20.4. The van der Waals surface area contributed by atoms with Crippen molar-refractivity contribution in [1.82, 2.24) is 0 Å². The van der Waals surface area contributed by atoms with E-state index in [0.717, 1.165) is 4.90 Å². The number of carbonyl (C=O) groups is 2. The monoisotopic (exact) mass is 387 g/mol. The molecule has 0 saturated heterocycles. The van der Waals surface area contributed by atoms with E-state index >= 15 is 0 Å². The summed E-state index contributed by atoms with van der Waals surface area (Å²) in [4.78, 5) is 24.8. The van der Waals surface area contributed by atoms with Gasteiger partial charge in [-0.25, -0.2) is 4.79 Å². The Balaban J connectivity index is 1.90. The number of methoxy groups -OCH3 is 2. The number of hydrogen-bond acceptors (Lipinski definition) is 6. The highest BCUT2D eigenvalue weighted by molar-refractivity contribution is 7.98. The predicted octanol–water partition coefficient (Wildman–Crippen LogP) is 3.62. The molecule has 7 heteroatoms. The number of esters is 1. The number of thioether (sulfide) groups is 1. The van der Waals surface area contributed by atoms with Crippen LogP contribution in [0.4, 0.5) is 5.69 Å². The van der Waals surface area contributed by atoms with Crippen molar-refractivity contribution in [1.29, 1.82) is 0 Å². The molecule has 0 aliphatic carbocycles. The van der Waals surface area contributed by atoms with E-state index < -0.39 is 11.9 Å². The second kappa shape index (κ2) is 10.3. The van der Waals surface area contributed by atoms with E-state index in [1.165, 1.54) is 20.3 Å². The zero-order chi connectivity index (χ0) is 19.6. The second-order valence-electron chi connectivity index (χ2n) is 5.30. The Hall–Kier alpha value is -2.93. The van der Waals surface area contributed by atoms with Gasteiger partial charge in [-0.05, 0) is 36.6 Å². The van der Waals surface area contributed by atoms with E-state index in [9.17, 15) is 9.59 Å². The van der Waals surface area contributed by atoms with Gasteiger partial charge in [-0.2, -0.15) is 0 Å². The SMILES string of the molecule is COc1cccc(/C=C/C(=O)OCC(=O)Nc2cccc(SC)c2)c1OC. The molecular weight excluding hydrogens is 366 g/mol. The van der Waals surface area contributed by atoms with Crippen LogP contribution in [0.5, 0.6) is 11.5 Å². The fourth-order valence-electron chi connectivity index (χ4n) is 2.28. The van der Waals surface area contributed by atoms with Crippen LogP contribution < -0.4 is 14.8 Å². The number of rotatable bonds is 8. The first-order chi connectivity index (χ1) is 13.1. The van der Waals surface area contributed by atoms with Gasteiger partial charge in [-0.3, -0.25) is 4.79 Å². The molecule has 0 heterocycles. The molecule has 6 nitrogen and oxygen atoms in total. The topological polar surface area (TPSA) is 73.9 Å². The van der Waals surface area contributed by atoms with Crippen LogP contribution in [0.2, 0.25) is 0 Å². The van der Waals surface area contributed by atoms with Gasteiger partial charge in [-0.15, -0.1) is 11.8 Å². The molecule has 0 aliphatic heterocycles. The van der Waals surface area contributed by atoms with Gasteiger partial charge in [0.05, 0.1) is 14.2 Å². The summed E-state index contributed by atoms with van der Waals surface area (Å²) in [5.74, 6) is 0.0252. The maximum atomic E-state index is 11.9. The first-order valence-corrected chi connectivity index (χ1v) is 9.29. The number of ether oxygens (including phenoxy) is 3. The fraction of sp³-hybridized carbons (Fsp3) is 0.200. The van der Waals surface area contributed by atoms with Crippen LogP contribution in [0.3, 0.4) is 0 Å². The summed E-state index contributed by atoms with van der Waals surface area (Å²) in [6.07, 6.45) is 4.73. The lowest BCUT2D eigenvalue weighted by Gasteiger charge is -2.09. The van der Waals surface area contributed by atoms with E-state index in [2.05, 4.69) is 5.32 Å². The highest BCUT2D eigenvalue weighted by atomic mass is 32.2. The van der Waals surface area contributed by atoms with Gasteiger partial charge in [0.2, 0.25) is 0 Å². The molecule has 2 rings (SSSR count). The number of carbonyl (C=O) groups excluding carboxylic acids is 2. The third-order valence-electron chi connectivity index (χ3n) is 3.53. The molecule has 2 aromatic carbocycles. The van der Waals surface area contributed by atoms with E-state index in [1.807, 2.05) is 24.5 Å². The third kappa shape index (κ3) is 6.07. The van der Waals surface area contributed by atoms with Gasteiger partial charge in [0, 0.05) is 22.2 Å². The maximum absolute atomic E-state index is 11.9. The molecule has 2 aromatic rings. The number of para-hydroxylation sites is 1. The van der Waals surface area contributed by atoms with Crippen LogP contribution in [0.1, 0.15) is 5.56 Å². The van der Waals surface area contributed by atoms with E-state index in [0.29, 0.717) is 22.7 Å². The summed E-state index contributed by atoms with van der Waals surface area (Å²) >= 11 is 1.57. The molecule has 0 unspecified atom stereocenters. The Labute approximate surface area is 162 Å². The fourth-order valence-corrected chi connectivity index (χ4v) is 2.74. The summed E-state index contributed by atoms with van der Waals surface area (Å²) in [7, 11) is 3.05. The molecule has 0 spiro atoms. The van der Waals surface area contributed by atoms with Crippen molar-refractivity contribution in [2.75, 3.05) is 32.4 Å². The summed E-state index contributed by atoms with van der Waals surface area (Å²) in [5.41, 5.74) is 1.31. The minimum Gasteiger partial charge on any atom is -0.493 e. The molecule has 0 atom stereocenters. The Morgan fingerprint density at radius 3 is 2.59 bits per heavy atom. The Kier molecular flexibility index (Phi) is 7.76. The van der Waals surface area contributed by atoms with Crippen molar-refractivity contribution in [3.63, 3.8) is 0 Å². The summed E-state index contributed by atoms with van der Waals surface area (Å²) < 4.78 is 15.5. The molecule has 0 bridgehead atoms. The van der Waals surface area contributed by atoms with Gasteiger partial charge in [-0.1, -0.05) is 18.2 Å². The van der Waals surface area contributed by atoms with Crippen molar-refractivity contribution in [3.8, 4) is 11.5 Å². The number of anilines is 1. The lowest BCUT2D eigenvalue weighted by Crippen LogP contribution is -2.20. The van der Waals surface area contributed by atoms with E-state index in [1.54, 1.807) is 42.1 Å². The average molecular weight is 387 g/mol. The van der Waals surface area contributed by atoms with Crippen molar-refractivity contribution >= 4 is 35.4 Å². The van der Waals surface area contributed by atoms with Gasteiger partial charge >= 0.3 is 5.97 Å². The molecule has 27 heavy (non-hydrogen) atoms. The maximum Gasteiger partial charge on any atom is 0.331 e.